The Morgan fingerprint density at radius 3 is 2.62 bits per heavy atom. The Balaban J connectivity index is 1.66. The summed E-state index contributed by atoms with van der Waals surface area (Å²) in [5, 5.41) is 4.07. The normalized spacial score (nSPS) is 38.0. The molecule has 0 radical (unpaired) electrons. The molecule has 1 saturated carbocycles. The van der Waals surface area contributed by atoms with E-state index in [4.69, 9.17) is 4.52 Å². The van der Waals surface area contributed by atoms with Gasteiger partial charge in [-0.15, -0.1) is 0 Å². The van der Waals surface area contributed by atoms with E-state index < -0.39 is 0 Å². The van der Waals surface area contributed by atoms with Gasteiger partial charge in [-0.05, 0) is 45.1 Å². The van der Waals surface area contributed by atoms with E-state index in [0.29, 0.717) is 12.0 Å². The van der Waals surface area contributed by atoms with Crippen LogP contribution in [-0.4, -0.2) is 34.2 Å². The summed E-state index contributed by atoms with van der Waals surface area (Å²) in [5.41, 5.74) is 0. The van der Waals surface area contributed by atoms with E-state index in [1.165, 1.54) is 51.4 Å². The first-order chi connectivity index (χ1) is 10.2. The van der Waals surface area contributed by atoms with Gasteiger partial charge in [-0.1, -0.05) is 37.3 Å². The van der Waals surface area contributed by atoms with Crippen molar-refractivity contribution in [3.8, 4) is 0 Å². The maximum absolute atomic E-state index is 5.64. The average Bonchev–Trinajstić information content (AvgIpc) is 3.01. The minimum absolute atomic E-state index is 0.470. The molecule has 0 N–H and O–H groups in total. The third kappa shape index (κ3) is 2.32. The lowest BCUT2D eigenvalue weighted by molar-refractivity contribution is 0.0493. The largest absolute Gasteiger partial charge is 0.339 e. The number of aromatic nitrogens is 2. The van der Waals surface area contributed by atoms with Crippen molar-refractivity contribution in [3.05, 3.63) is 11.7 Å². The Bertz CT molecular complexity index is 494. The molecule has 116 valence electrons. The van der Waals surface area contributed by atoms with Crippen LogP contribution in [0.1, 0.15) is 69.0 Å². The molecule has 3 heterocycles. The molecule has 0 amide bonds. The minimum atomic E-state index is 0.470. The lowest BCUT2D eigenvalue weighted by Gasteiger charge is -2.45. The van der Waals surface area contributed by atoms with Crippen LogP contribution in [0.3, 0.4) is 0 Å². The van der Waals surface area contributed by atoms with Crippen LogP contribution in [0.5, 0.6) is 0 Å². The third-order valence-corrected chi connectivity index (χ3v) is 6.40. The van der Waals surface area contributed by atoms with Gasteiger partial charge in [-0.3, -0.25) is 4.90 Å². The Labute approximate surface area is 127 Å². The van der Waals surface area contributed by atoms with Crippen molar-refractivity contribution in [3.63, 3.8) is 0 Å². The van der Waals surface area contributed by atoms with E-state index in [1.807, 2.05) is 6.92 Å². The van der Waals surface area contributed by atoms with Crippen LogP contribution < -0.4 is 0 Å². The van der Waals surface area contributed by atoms with Crippen LogP contribution in [0, 0.1) is 18.8 Å². The molecular formula is C17H27N3O. The van der Waals surface area contributed by atoms with E-state index in [0.717, 1.165) is 29.6 Å². The number of piperidine rings is 1. The van der Waals surface area contributed by atoms with Crippen molar-refractivity contribution in [2.75, 3.05) is 7.05 Å². The predicted octanol–water partition coefficient (Wildman–Crippen LogP) is 3.52. The maximum Gasteiger partial charge on any atom is 0.231 e. The van der Waals surface area contributed by atoms with Gasteiger partial charge in [0.15, 0.2) is 5.82 Å². The second kappa shape index (κ2) is 5.38. The zero-order valence-corrected chi connectivity index (χ0v) is 13.3. The van der Waals surface area contributed by atoms with Crippen LogP contribution in [0.2, 0.25) is 0 Å². The molecule has 4 heteroatoms. The summed E-state index contributed by atoms with van der Waals surface area (Å²) in [5.74, 6) is 3.82. The molecule has 3 fully saturated rings. The van der Waals surface area contributed by atoms with Crippen LogP contribution in [-0.2, 0) is 0 Å². The fourth-order valence-electron chi connectivity index (χ4n) is 5.35. The molecule has 0 aromatic carbocycles. The first kappa shape index (κ1) is 13.7. The molecule has 1 aliphatic carbocycles. The predicted molar refractivity (Wildman–Crippen MR) is 81.0 cm³/mol. The monoisotopic (exact) mass is 289 g/mol. The third-order valence-electron chi connectivity index (χ3n) is 6.40. The van der Waals surface area contributed by atoms with Crippen molar-refractivity contribution >= 4 is 0 Å². The highest BCUT2D eigenvalue weighted by molar-refractivity contribution is 5.11. The van der Waals surface area contributed by atoms with E-state index in [-0.39, 0.29) is 0 Å². The first-order valence-corrected chi connectivity index (χ1v) is 8.76. The summed E-state index contributed by atoms with van der Waals surface area (Å²) in [4.78, 5) is 7.23. The Kier molecular flexibility index (Phi) is 3.52. The second-order valence-electron chi connectivity index (χ2n) is 7.47. The highest BCUT2D eigenvalue weighted by atomic mass is 16.5. The van der Waals surface area contributed by atoms with Gasteiger partial charge in [-0.25, -0.2) is 0 Å². The minimum Gasteiger partial charge on any atom is -0.339 e. The molecule has 1 aromatic heterocycles. The van der Waals surface area contributed by atoms with E-state index in [1.54, 1.807) is 0 Å². The molecule has 0 spiro atoms. The molecule has 4 nitrogen and oxygen atoms in total. The molecule has 21 heavy (non-hydrogen) atoms. The summed E-state index contributed by atoms with van der Waals surface area (Å²) < 4.78 is 5.64. The summed E-state index contributed by atoms with van der Waals surface area (Å²) >= 11 is 0. The highest BCUT2D eigenvalue weighted by Crippen LogP contribution is 2.51. The van der Waals surface area contributed by atoms with Gasteiger partial charge < -0.3 is 4.52 Å². The quantitative estimate of drug-likeness (QED) is 0.835. The van der Waals surface area contributed by atoms with Gasteiger partial charge in [0.05, 0.1) is 5.92 Å². The maximum atomic E-state index is 5.64. The van der Waals surface area contributed by atoms with Crippen molar-refractivity contribution < 1.29 is 4.52 Å². The second-order valence-corrected chi connectivity index (χ2v) is 7.47. The molecular weight excluding hydrogens is 262 g/mol. The van der Waals surface area contributed by atoms with Gasteiger partial charge in [0.1, 0.15) is 0 Å². The van der Waals surface area contributed by atoms with E-state index in [9.17, 15) is 0 Å². The lowest BCUT2D eigenvalue weighted by Crippen LogP contribution is -2.47. The smallest absolute Gasteiger partial charge is 0.231 e. The standard InChI is InChI=1S/C17H27N3O/c1-11-18-17(21-19-11)16-14(12-6-4-3-5-7-12)10-13-8-9-15(16)20(13)2/h12-16H,3-10H2,1-2H3/t13-,14-,15?,16?/m1/s1. The van der Waals surface area contributed by atoms with E-state index in [2.05, 4.69) is 22.1 Å². The van der Waals surface area contributed by atoms with Crippen molar-refractivity contribution in [2.45, 2.75) is 76.3 Å². The molecule has 3 aliphatic rings. The van der Waals surface area contributed by atoms with E-state index >= 15 is 0 Å². The van der Waals surface area contributed by atoms with Crippen LogP contribution in [0.25, 0.3) is 0 Å². The van der Waals surface area contributed by atoms with Crippen LogP contribution >= 0.6 is 0 Å². The highest BCUT2D eigenvalue weighted by Gasteiger charge is 2.50. The number of likely N-dealkylation sites (N-methyl/N-ethyl adjacent to an activating group) is 1. The SMILES string of the molecule is Cc1noc(C2C3CC[C@H](C[C@@H]2C2CCCCC2)N3C)n1. The lowest BCUT2D eigenvalue weighted by atomic mass is 9.68. The Hall–Kier alpha value is -0.900. The number of fused-ring (bicyclic) bond motifs is 2. The molecule has 1 aromatic rings. The molecule has 4 rings (SSSR count). The molecule has 2 unspecified atom stereocenters. The molecule has 4 atom stereocenters. The van der Waals surface area contributed by atoms with Gasteiger partial charge in [-0.2, -0.15) is 4.98 Å². The molecule has 2 bridgehead atoms. The number of nitrogens with zero attached hydrogens (tertiary/aromatic N) is 3. The Morgan fingerprint density at radius 1 is 1.10 bits per heavy atom. The summed E-state index contributed by atoms with van der Waals surface area (Å²) in [6.07, 6.45) is 11.1. The zero-order valence-electron chi connectivity index (χ0n) is 13.3. The number of hydrogen-bond acceptors (Lipinski definition) is 4. The van der Waals surface area contributed by atoms with Gasteiger partial charge >= 0.3 is 0 Å². The van der Waals surface area contributed by atoms with Gasteiger partial charge in [0.25, 0.3) is 0 Å². The van der Waals surface area contributed by atoms with Crippen molar-refractivity contribution in [1.29, 1.82) is 0 Å². The van der Waals surface area contributed by atoms with Gasteiger partial charge in [0.2, 0.25) is 5.89 Å². The first-order valence-electron chi connectivity index (χ1n) is 8.76. The number of rotatable bonds is 2. The fraction of sp³-hybridized carbons (Fsp3) is 0.882. The number of hydrogen-bond donors (Lipinski definition) is 0. The van der Waals surface area contributed by atoms with Gasteiger partial charge in [0, 0.05) is 12.1 Å². The summed E-state index contributed by atoms with van der Waals surface area (Å²) in [6, 6.07) is 1.41. The fourth-order valence-corrected chi connectivity index (χ4v) is 5.35. The van der Waals surface area contributed by atoms with Crippen LogP contribution in [0.4, 0.5) is 0 Å². The topological polar surface area (TPSA) is 42.2 Å². The summed E-state index contributed by atoms with van der Waals surface area (Å²) in [7, 11) is 2.30. The molecule has 2 aliphatic heterocycles. The number of aryl methyl sites for hydroxylation is 1. The van der Waals surface area contributed by atoms with Crippen LogP contribution in [0.15, 0.2) is 4.52 Å². The molecule has 2 saturated heterocycles. The van der Waals surface area contributed by atoms with Crippen molar-refractivity contribution in [1.82, 2.24) is 15.0 Å². The van der Waals surface area contributed by atoms with Crippen molar-refractivity contribution in [2.24, 2.45) is 11.8 Å². The average molecular weight is 289 g/mol. The summed E-state index contributed by atoms with van der Waals surface area (Å²) in [6.45, 7) is 1.94. The Morgan fingerprint density at radius 2 is 1.90 bits per heavy atom. The zero-order chi connectivity index (χ0) is 14.4.